The van der Waals surface area contributed by atoms with Crippen LogP contribution < -0.4 is 4.74 Å². The zero-order chi connectivity index (χ0) is 9.42. The first-order valence-electron chi connectivity index (χ1n) is 4.18. The van der Waals surface area contributed by atoms with Crippen molar-refractivity contribution in [3.63, 3.8) is 0 Å². The van der Waals surface area contributed by atoms with Gasteiger partial charge in [0.2, 0.25) is 6.10 Å². The van der Waals surface area contributed by atoms with Gasteiger partial charge in [-0.1, -0.05) is 25.1 Å². The van der Waals surface area contributed by atoms with Crippen LogP contribution in [-0.4, -0.2) is 17.2 Å². The van der Waals surface area contributed by atoms with Gasteiger partial charge >= 0.3 is 5.97 Å². The minimum absolute atomic E-state index is 0.0614. The molecule has 1 aromatic rings. The predicted octanol–water partition coefficient (Wildman–Crippen LogP) is 1.64. The molecule has 1 aromatic carbocycles. The summed E-state index contributed by atoms with van der Waals surface area (Å²) >= 11 is 0. The zero-order valence-corrected chi connectivity index (χ0v) is 7.23. The highest BCUT2D eigenvalue weighted by atomic mass is 16.5. The molecule has 0 aliphatic carbocycles. The summed E-state index contributed by atoms with van der Waals surface area (Å²) in [6, 6.07) is 7.44. The fraction of sp³-hybridized carbons (Fsp3) is 0.300. The quantitative estimate of drug-likeness (QED) is 0.711. The van der Waals surface area contributed by atoms with Gasteiger partial charge in [-0.15, -0.1) is 0 Å². The van der Waals surface area contributed by atoms with E-state index in [1.807, 2.05) is 25.1 Å². The van der Waals surface area contributed by atoms with Gasteiger partial charge in [-0.25, -0.2) is 4.79 Å². The largest absolute Gasteiger partial charge is 0.478 e. The van der Waals surface area contributed by atoms with Crippen LogP contribution in [-0.2, 0) is 4.79 Å². The smallest absolute Gasteiger partial charge is 0.345 e. The normalized spacial score (nSPS) is 25.0. The minimum Gasteiger partial charge on any atom is -0.478 e. The summed E-state index contributed by atoms with van der Waals surface area (Å²) in [6.07, 6.45) is -0.725. The van der Waals surface area contributed by atoms with Gasteiger partial charge in [0.05, 0.1) is 0 Å². The molecule has 0 saturated carbocycles. The number of carboxylic acid groups (broad SMARTS) is 1. The summed E-state index contributed by atoms with van der Waals surface area (Å²) in [6.45, 7) is 1.87. The summed E-state index contributed by atoms with van der Waals surface area (Å²) in [4.78, 5) is 10.8. The van der Waals surface area contributed by atoms with Gasteiger partial charge in [-0.3, -0.25) is 0 Å². The van der Waals surface area contributed by atoms with E-state index in [2.05, 4.69) is 0 Å². The molecule has 2 rings (SSSR count). The summed E-state index contributed by atoms with van der Waals surface area (Å²) in [5, 5.41) is 8.83. The Balaban J connectivity index is 2.38. The third-order valence-electron chi connectivity index (χ3n) is 2.36. The molecule has 2 atom stereocenters. The van der Waals surface area contributed by atoms with Crippen molar-refractivity contribution < 1.29 is 14.6 Å². The molecule has 1 N–H and O–H groups in total. The molecular formula is C10H10O3. The Morgan fingerprint density at radius 2 is 2.15 bits per heavy atom. The average molecular weight is 178 g/mol. The molecule has 13 heavy (non-hydrogen) atoms. The van der Waals surface area contributed by atoms with Crippen LogP contribution >= 0.6 is 0 Å². The van der Waals surface area contributed by atoms with Crippen LogP contribution in [0.4, 0.5) is 0 Å². The highest BCUT2D eigenvalue weighted by Crippen LogP contribution is 2.37. The molecule has 3 nitrogen and oxygen atoms in total. The van der Waals surface area contributed by atoms with E-state index in [0.717, 1.165) is 5.56 Å². The Labute approximate surface area is 76.0 Å². The van der Waals surface area contributed by atoms with Crippen LogP contribution in [0.5, 0.6) is 5.75 Å². The van der Waals surface area contributed by atoms with Gasteiger partial charge in [0.25, 0.3) is 0 Å². The molecule has 3 heteroatoms. The van der Waals surface area contributed by atoms with Crippen molar-refractivity contribution in [2.75, 3.05) is 0 Å². The number of hydrogen-bond donors (Lipinski definition) is 1. The number of hydrogen-bond acceptors (Lipinski definition) is 2. The molecular weight excluding hydrogens is 168 g/mol. The Morgan fingerprint density at radius 1 is 1.46 bits per heavy atom. The maximum atomic E-state index is 10.8. The number of fused-ring (bicyclic) bond motifs is 1. The Kier molecular flexibility index (Phi) is 1.72. The summed E-state index contributed by atoms with van der Waals surface area (Å²) in [5.41, 5.74) is 0.981. The Bertz CT molecular complexity index is 346. The molecule has 0 spiro atoms. The average Bonchev–Trinajstić information content (AvgIpc) is 2.45. The molecule has 0 saturated heterocycles. The topological polar surface area (TPSA) is 46.5 Å². The third-order valence-corrected chi connectivity index (χ3v) is 2.36. The van der Waals surface area contributed by atoms with E-state index in [1.54, 1.807) is 6.07 Å². The van der Waals surface area contributed by atoms with Gasteiger partial charge in [-0.2, -0.15) is 0 Å². The van der Waals surface area contributed by atoms with Crippen molar-refractivity contribution in [2.45, 2.75) is 18.9 Å². The molecule has 68 valence electrons. The molecule has 0 fully saturated rings. The van der Waals surface area contributed by atoms with E-state index < -0.39 is 12.1 Å². The summed E-state index contributed by atoms with van der Waals surface area (Å²) in [7, 11) is 0. The summed E-state index contributed by atoms with van der Waals surface area (Å²) < 4.78 is 5.28. The first-order valence-corrected chi connectivity index (χ1v) is 4.18. The SMILES string of the molecule is C[C@H]1c2ccccc2O[C@@H]1C(=O)O. The maximum absolute atomic E-state index is 10.8. The van der Waals surface area contributed by atoms with E-state index in [4.69, 9.17) is 9.84 Å². The lowest BCUT2D eigenvalue weighted by atomic mass is 9.98. The molecule has 0 unspecified atom stereocenters. The second kappa shape index (κ2) is 2.76. The molecule has 1 heterocycles. The molecule has 0 aromatic heterocycles. The lowest BCUT2D eigenvalue weighted by Gasteiger charge is -2.08. The monoisotopic (exact) mass is 178 g/mol. The van der Waals surface area contributed by atoms with Crippen molar-refractivity contribution in [1.82, 2.24) is 0 Å². The Morgan fingerprint density at radius 3 is 2.77 bits per heavy atom. The van der Waals surface area contributed by atoms with Crippen LogP contribution in [0, 0.1) is 0 Å². The van der Waals surface area contributed by atoms with Gasteiger partial charge < -0.3 is 9.84 Å². The second-order valence-electron chi connectivity index (χ2n) is 3.20. The van der Waals surface area contributed by atoms with Crippen molar-refractivity contribution in [3.8, 4) is 5.75 Å². The molecule has 0 amide bonds. The van der Waals surface area contributed by atoms with Gasteiger partial charge in [0.1, 0.15) is 5.75 Å². The molecule has 1 aliphatic rings. The molecule has 1 aliphatic heterocycles. The van der Waals surface area contributed by atoms with E-state index in [9.17, 15) is 4.79 Å². The zero-order valence-electron chi connectivity index (χ0n) is 7.23. The number of aliphatic carboxylic acids is 1. The minimum atomic E-state index is -0.899. The van der Waals surface area contributed by atoms with Crippen LogP contribution in [0.15, 0.2) is 24.3 Å². The number of benzene rings is 1. The second-order valence-corrected chi connectivity index (χ2v) is 3.20. The Hall–Kier alpha value is -1.51. The van der Waals surface area contributed by atoms with Crippen LogP contribution in [0.1, 0.15) is 18.4 Å². The van der Waals surface area contributed by atoms with Gasteiger partial charge in [-0.05, 0) is 6.07 Å². The van der Waals surface area contributed by atoms with E-state index >= 15 is 0 Å². The highest BCUT2D eigenvalue weighted by Gasteiger charge is 2.35. The number of carbonyl (C=O) groups is 1. The van der Waals surface area contributed by atoms with Crippen LogP contribution in [0.3, 0.4) is 0 Å². The van der Waals surface area contributed by atoms with Crippen molar-refractivity contribution in [3.05, 3.63) is 29.8 Å². The summed E-state index contributed by atoms with van der Waals surface area (Å²) in [5.74, 6) is -0.264. The first-order chi connectivity index (χ1) is 6.20. The van der Waals surface area contributed by atoms with E-state index in [1.165, 1.54) is 0 Å². The maximum Gasteiger partial charge on any atom is 0.345 e. The fourth-order valence-electron chi connectivity index (χ4n) is 1.63. The highest BCUT2D eigenvalue weighted by molar-refractivity contribution is 5.76. The van der Waals surface area contributed by atoms with E-state index in [-0.39, 0.29) is 5.92 Å². The van der Waals surface area contributed by atoms with E-state index in [0.29, 0.717) is 5.75 Å². The standard InChI is InChI=1S/C10H10O3/c1-6-7-4-2-3-5-8(7)13-9(6)10(11)12/h2-6,9H,1H3,(H,11,12)/t6-,9-/m0/s1. The third kappa shape index (κ3) is 1.16. The van der Waals surface area contributed by atoms with Gasteiger partial charge in [0.15, 0.2) is 0 Å². The number of para-hydroxylation sites is 1. The lowest BCUT2D eigenvalue weighted by molar-refractivity contribution is -0.144. The van der Waals surface area contributed by atoms with Crippen LogP contribution in [0.25, 0.3) is 0 Å². The fourth-order valence-corrected chi connectivity index (χ4v) is 1.63. The predicted molar refractivity (Wildman–Crippen MR) is 46.9 cm³/mol. The van der Waals surface area contributed by atoms with Crippen LogP contribution in [0.2, 0.25) is 0 Å². The molecule has 0 bridgehead atoms. The first kappa shape index (κ1) is 8.10. The van der Waals surface area contributed by atoms with Crippen molar-refractivity contribution >= 4 is 5.97 Å². The van der Waals surface area contributed by atoms with Gasteiger partial charge in [0, 0.05) is 11.5 Å². The molecule has 0 radical (unpaired) electrons. The van der Waals surface area contributed by atoms with Crippen molar-refractivity contribution in [2.24, 2.45) is 0 Å². The number of carboxylic acids is 1. The van der Waals surface area contributed by atoms with Crippen molar-refractivity contribution in [1.29, 1.82) is 0 Å². The lowest BCUT2D eigenvalue weighted by Crippen LogP contribution is -2.27. The number of ether oxygens (including phenoxy) is 1. The number of rotatable bonds is 1.